The number of benzene rings is 3. The highest BCUT2D eigenvalue weighted by molar-refractivity contribution is 6.03. The lowest BCUT2D eigenvalue weighted by molar-refractivity contribution is -0.116. The lowest BCUT2D eigenvalue weighted by Gasteiger charge is -2.12. The minimum atomic E-state index is -0.285. The molecule has 0 aromatic heterocycles. The summed E-state index contributed by atoms with van der Waals surface area (Å²) in [7, 11) is 0. The number of amides is 3. The summed E-state index contributed by atoms with van der Waals surface area (Å²) in [5, 5.41) is 8.32. The van der Waals surface area contributed by atoms with E-state index < -0.39 is 0 Å². The molecule has 6 heteroatoms. The smallest absolute Gasteiger partial charge is 0.253 e. The highest BCUT2D eigenvalue weighted by atomic mass is 16.2. The number of nitrogens with one attached hydrogen (secondary N) is 3. The summed E-state index contributed by atoms with van der Waals surface area (Å²) in [6.45, 7) is 0.593. The number of rotatable bonds is 8. The zero-order valence-corrected chi connectivity index (χ0v) is 16.4. The van der Waals surface area contributed by atoms with E-state index in [1.165, 1.54) is 0 Å². The van der Waals surface area contributed by atoms with Crippen LogP contribution < -0.4 is 16.0 Å². The molecule has 3 aromatic rings. The first-order valence-corrected chi connectivity index (χ1v) is 9.68. The van der Waals surface area contributed by atoms with E-state index in [-0.39, 0.29) is 30.7 Å². The molecule has 3 rings (SSSR count). The van der Waals surface area contributed by atoms with Gasteiger partial charge in [0.25, 0.3) is 11.8 Å². The maximum Gasteiger partial charge on any atom is 0.253 e. The molecule has 0 aliphatic heterocycles. The van der Waals surface area contributed by atoms with Crippen LogP contribution in [0.2, 0.25) is 0 Å². The second kappa shape index (κ2) is 10.6. The average molecular weight is 401 g/mol. The zero-order valence-electron chi connectivity index (χ0n) is 16.4. The molecule has 0 spiro atoms. The normalized spacial score (nSPS) is 10.1. The minimum Gasteiger partial charge on any atom is -0.352 e. The van der Waals surface area contributed by atoms with Gasteiger partial charge in [0, 0.05) is 25.1 Å². The van der Waals surface area contributed by atoms with Gasteiger partial charge in [0.05, 0.1) is 11.3 Å². The number of carbonyl (C=O) groups is 3. The molecule has 0 heterocycles. The Balaban J connectivity index is 1.51. The molecular weight excluding hydrogens is 378 g/mol. The summed E-state index contributed by atoms with van der Waals surface area (Å²) in [4.78, 5) is 36.9. The highest BCUT2D eigenvalue weighted by Gasteiger charge is 2.13. The zero-order chi connectivity index (χ0) is 21.2. The van der Waals surface area contributed by atoms with Crippen LogP contribution in [0.5, 0.6) is 0 Å². The first kappa shape index (κ1) is 20.8. The summed E-state index contributed by atoms with van der Waals surface area (Å²) >= 11 is 0. The van der Waals surface area contributed by atoms with Gasteiger partial charge in [0.15, 0.2) is 0 Å². The largest absolute Gasteiger partial charge is 0.352 e. The molecule has 0 bridgehead atoms. The lowest BCUT2D eigenvalue weighted by Crippen LogP contribution is -2.28. The second-order valence-corrected chi connectivity index (χ2v) is 6.63. The van der Waals surface area contributed by atoms with Crippen LogP contribution in [0.4, 0.5) is 5.69 Å². The number of hydrogen-bond donors (Lipinski definition) is 3. The van der Waals surface area contributed by atoms with E-state index >= 15 is 0 Å². The molecule has 0 saturated heterocycles. The molecular formula is C24H23N3O3. The average Bonchev–Trinajstić information content (AvgIpc) is 2.79. The third-order valence-corrected chi connectivity index (χ3v) is 4.42. The van der Waals surface area contributed by atoms with Crippen LogP contribution >= 0.6 is 0 Å². The van der Waals surface area contributed by atoms with Gasteiger partial charge in [-0.05, 0) is 29.8 Å². The Morgan fingerprint density at radius 2 is 1.30 bits per heavy atom. The number of para-hydroxylation sites is 1. The SMILES string of the molecule is O=C(CCNC(=O)c1ccccc1)Nc1ccccc1C(=O)NCc1ccccc1. The van der Waals surface area contributed by atoms with Gasteiger partial charge in [-0.25, -0.2) is 0 Å². The van der Waals surface area contributed by atoms with Crippen LogP contribution in [0.15, 0.2) is 84.9 Å². The van der Waals surface area contributed by atoms with Crippen LogP contribution in [0, 0.1) is 0 Å². The van der Waals surface area contributed by atoms with Gasteiger partial charge in [0.2, 0.25) is 5.91 Å². The predicted octanol–water partition coefficient (Wildman–Crippen LogP) is 3.38. The van der Waals surface area contributed by atoms with E-state index in [0.717, 1.165) is 5.56 Å². The van der Waals surface area contributed by atoms with Gasteiger partial charge in [-0.3, -0.25) is 14.4 Å². The van der Waals surface area contributed by atoms with Crippen LogP contribution in [0.1, 0.15) is 32.7 Å². The minimum absolute atomic E-state index is 0.0958. The highest BCUT2D eigenvalue weighted by Crippen LogP contribution is 2.15. The Bertz CT molecular complexity index is 1000. The molecule has 30 heavy (non-hydrogen) atoms. The fourth-order valence-corrected chi connectivity index (χ4v) is 2.86. The van der Waals surface area contributed by atoms with Crippen molar-refractivity contribution in [2.45, 2.75) is 13.0 Å². The second-order valence-electron chi connectivity index (χ2n) is 6.63. The van der Waals surface area contributed by atoms with Crippen LogP contribution in [0.3, 0.4) is 0 Å². The summed E-state index contributed by atoms with van der Waals surface area (Å²) < 4.78 is 0. The van der Waals surface area contributed by atoms with Crippen molar-refractivity contribution < 1.29 is 14.4 Å². The fraction of sp³-hybridized carbons (Fsp3) is 0.125. The molecule has 0 aliphatic rings. The summed E-state index contributed by atoms with van der Waals surface area (Å²) in [5.74, 6) is -0.789. The Labute approximate surface area is 175 Å². The van der Waals surface area contributed by atoms with Crippen molar-refractivity contribution in [3.8, 4) is 0 Å². The van der Waals surface area contributed by atoms with Crippen molar-refractivity contribution in [2.75, 3.05) is 11.9 Å². The quantitative estimate of drug-likeness (QED) is 0.541. The van der Waals surface area contributed by atoms with E-state index in [2.05, 4.69) is 16.0 Å². The Hall–Kier alpha value is -3.93. The van der Waals surface area contributed by atoms with Gasteiger partial charge in [-0.1, -0.05) is 60.7 Å². The van der Waals surface area contributed by atoms with Gasteiger partial charge < -0.3 is 16.0 Å². The summed E-state index contributed by atoms with van der Waals surface area (Å²) in [5.41, 5.74) is 2.34. The van der Waals surface area contributed by atoms with Crippen molar-refractivity contribution in [3.05, 3.63) is 102 Å². The first-order valence-electron chi connectivity index (χ1n) is 9.68. The van der Waals surface area contributed by atoms with Crippen molar-refractivity contribution in [3.63, 3.8) is 0 Å². The van der Waals surface area contributed by atoms with Gasteiger partial charge in [-0.2, -0.15) is 0 Å². The molecule has 3 amide bonds. The molecule has 3 aromatic carbocycles. The number of carbonyl (C=O) groups excluding carboxylic acids is 3. The van der Waals surface area contributed by atoms with E-state index in [9.17, 15) is 14.4 Å². The molecule has 0 unspecified atom stereocenters. The third kappa shape index (κ3) is 6.04. The van der Waals surface area contributed by atoms with E-state index in [4.69, 9.17) is 0 Å². The van der Waals surface area contributed by atoms with Crippen molar-refractivity contribution in [1.82, 2.24) is 10.6 Å². The topological polar surface area (TPSA) is 87.3 Å². The molecule has 0 radical (unpaired) electrons. The maximum atomic E-state index is 12.6. The monoisotopic (exact) mass is 401 g/mol. The molecule has 0 saturated carbocycles. The van der Waals surface area contributed by atoms with Crippen LogP contribution in [0.25, 0.3) is 0 Å². The first-order chi connectivity index (χ1) is 14.6. The summed E-state index contributed by atoms with van der Waals surface area (Å²) in [6.07, 6.45) is 0.0958. The Morgan fingerprint density at radius 1 is 0.667 bits per heavy atom. The van der Waals surface area contributed by atoms with Gasteiger partial charge in [0.1, 0.15) is 0 Å². The van der Waals surface area contributed by atoms with Crippen molar-refractivity contribution in [2.24, 2.45) is 0 Å². The standard InChI is InChI=1S/C24H23N3O3/c28-22(15-16-25-23(29)19-11-5-2-6-12-19)27-21-14-8-7-13-20(21)24(30)26-17-18-9-3-1-4-10-18/h1-14H,15-17H2,(H,25,29)(H,26,30)(H,27,28). The number of anilines is 1. The van der Waals surface area contributed by atoms with E-state index in [1.54, 1.807) is 48.5 Å². The molecule has 0 fully saturated rings. The van der Waals surface area contributed by atoms with Crippen LogP contribution in [-0.4, -0.2) is 24.3 Å². The molecule has 0 atom stereocenters. The van der Waals surface area contributed by atoms with Crippen LogP contribution in [-0.2, 0) is 11.3 Å². The van der Waals surface area contributed by atoms with E-state index in [0.29, 0.717) is 23.4 Å². The van der Waals surface area contributed by atoms with Gasteiger partial charge >= 0.3 is 0 Å². The molecule has 3 N–H and O–H groups in total. The Kier molecular flexibility index (Phi) is 7.33. The lowest BCUT2D eigenvalue weighted by atomic mass is 10.1. The number of hydrogen-bond acceptors (Lipinski definition) is 3. The Morgan fingerprint density at radius 3 is 2.03 bits per heavy atom. The van der Waals surface area contributed by atoms with Crippen molar-refractivity contribution in [1.29, 1.82) is 0 Å². The predicted molar refractivity (Wildman–Crippen MR) is 116 cm³/mol. The third-order valence-electron chi connectivity index (χ3n) is 4.42. The fourth-order valence-electron chi connectivity index (χ4n) is 2.86. The molecule has 0 aliphatic carbocycles. The maximum absolute atomic E-state index is 12.6. The molecule has 152 valence electrons. The van der Waals surface area contributed by atoms with E-state index in [1.807, 2.05) is 36.4 Å². The van der Waals surface area contributed by atoms with Gasteiger partial charge in [-0.15, -0.1) is 0 Å². The summed E-state index contributed by atoms with van der Waals surface area (Å²) in [6, 6.07) is 25.2. The molecule has 6 nitrogen and oxygen atoms in total. The van der Waals surface area contributed by atoms with Crippen molar-refractivity contribution >= 4 is 23.4 Å².